The highest BCUT2D eigenvalue weighted by Crippen LogP contribution is 2.19. The summed E-state index contributed by atoms with van der Waals surface area (Å²) < 4.78 is 10.7. The fraction of sp³-hybridized carbons (Fsp3) is 0.364. The minimum atomic E-state index is -0.112. The lowest BCUT2D eigenvalue weighted by Gasteiger charge is -2.26. The Morgan fingerprint density at radius 1 is 1.23 bits per heavy atom. The van der Waals surface area contributed by atoms with Crippen molar-refractivity contribution >= 4 is 28.2 Å². The predicted molar refractivity (Wildman–Crippen MR) is 123 cm³/mol. The number of fused-ring (bicyclic) bond motifs is 1. The van der Waals surface area contributed by atoms with E-state index in [0.29, 0.717) is 23.8 Å². The van der Waals surface area contributed by atoms with E-state index in [1.165, 1.54) is 0 Å². The van der Waals surface area contributed by atoms with E-state index in [9.17, 15) is 4.79 Å². The van der Waals surface area contributed by atoms with Crippen molar-refractivity contribution in [1.82, 2.24) is 20.1 Å². The molecule has 0 aliphatic heterocycles. The number of nitrogens with zero attached hydrogens (tertiary/aromatic N) is 2. The molecule has 8 heteroatoms. The number of thiocarbonyl (C=S) groups is 1. The average Bonchev–Trinajstić information content (AvgIpc) is 3.24. The molecule has 0 saturated carbocycles. The van der Waals surface area contributed by atoms with Gasteiger partial charge in [-0.15, -0.1) is 0 Å². The molecular weight excluding hydrogens is 400 g/mol. The summed E-state index contributed by atoms with van der Waals surface area (Å²) >= 11 is 5.63. The second-order valence-corrected chi connectivity index (χ2v) is 7.78. The van der Waals surface area contributed by atoms with E-state index in [1.807, 2.05) is 55.4 Å². The van der Waals surface area contributed by atoms with Crippen LogP contribution in [-0.4, -0.2) is 54.2 Å². The van der Waals surface area contributed by atoms with Gasteiger partial charge in [-0.2, -0.15) is 0 Å². The van der Waals surface area contributed by atoms with Crippen molar-refractivity contribution in [3.8, 4) is 5.75 Å². The van der Waals surface area contributed by atoms with Crippen LogP contribution in [0, 0.1) is 0 Å². The third kappa shape index (κ3) is 5.84. The number of H-pyrrole nitrogens is 1. The van der Waals surface area contributed by atoms with E-state index in [0.717, 1.165) is 41.9 Å². The van der Waals surface area contributed by atoms with Crippen molar-refractivity contribution < 1.29 is 9.15 Å². The number of aromatic nitrogens is 1. The molecule has 0 aliphatic carbocycles. The minimum Gasteiger partial charge on any atom is -0.497 e. The van der Waals surface area contributed by atoms with E-state index in [-0.39, 0.29) is 5.56 Å². The van der Waals surface area contributed by atoms with Crippen molar-refractivity contribution in [2.24, 2.45) is 0 Å². The predicted octanol–water partition coefficient (Wildman–Crippen LogP) is 2.96. The molecule has 0 spiro atoms. The second-order valence-electron chi connectivity index (χ2n) is 7.39. The molecule has 0 radical (unpaired) electrons. The van der Waals surface area contributed by atoms with Crippen molar-refractivity contribution in [2.75, 3.05) is 34.3 Å². The Bertz CT molecular complexity index is 1030. The molecule has 3 aromatic rings. The first-order valence-corrected chi connectivity index (χ1v) is 10.3. The molecule has 0 atom stereocenters. The third-order valence-corrected chi connectivity index (χ3v) is 5.21. The van der Waals surface area contributed by atoms with Gasteiger partial charge in [-0.25, -0.2) is 0 Å². The van der Waals surface area contributed by atoms with Crippen LogP contribution >= 0.6 is 12.2 Å². The summed E-state index contributed by atoms with van der Waals surface area (Å²) in [5.41, 5.74) is 1.32. The Hall–Kier alpha value is -2.84. The molecule has 7 nitrogen and oxygen atoms in total. The number of aromatic amines is 1. The van der Waals surface area contributed by atoms with Gasteiger partial charge in [0.15, 0.2) is 5.11 Å². The number of methoxy groups -OCH3 is 1. The maximum absolute atomic E-state index is 12.7. The minimum absolute atomic E-state index is 0.112. The molecule has 2 heterocycles. The van der Waals surface area contributed by atoms with E-state index >= 15 is 0 Å². The quantitative estimate of drug-likeness (QED) is 0.508. The molecule has 0 fully saturated rings. The van der Waals surface area contributed by atoms with Gasteiger partial charge >= 0.3 is 0 Å². The molecule has 1 aromatic carbocycles. The normalized spacial score (nSPS) is 11.1. The molecule has 2 N–H and O–H groups in total. The SMILES string of the molecule is COc1ccc2[nH]c(=O)c(CN(CCCN(C)C)C(=S)NCc3ccco3)cc2c1. The highest BCUT2D eigenvalue weighted by Gasteiger charge is 2.14. The molecule has 160 valence electrons. The van der Waals surface area contributed by atoms with E-state index < -0.39 is 0 Å². The van der Waals surface area contributed by atoms with Crippen LogP contribution in [0.15, 0.2) is 51.9 Å². The summed E-state index contributed by atoms with van der Waals surface area (Å²) in [6.07, 6.45) is 2.56. The number of nitrogens with one attached hydrogen (secondary N) is 2. The first-order valence-electron chi connectivity index (χ1n) is 9.86. The summed E-state index contributed by atoms with van der Waals surface area (Å²) in [5.74, 6) is 1.56. The molecule has 0 unspecified atom stereocenters. The topological polar surface area (TPSA) is 73.7 Å². The highest BCUT2D eigenvalue weighted by atomic mass is 32.1. The molecule has 2 aromatic heterocycles. The summed E-state index contributed by atoms with van der Waals surface area (Å²) in [6, 6.07) is 11.2. The van der Waals surface area contributed by atoms with Crippen LogP contribution in [0.25, 0.3) is 10.9 Å². The number of rotatable bonds is 9. The Balaban J connectivity index is 1.78. The van der Waals surface area contributed by atoms with E-state index in [1.54, 1.807) is 13.4 Å². The first-order chi connectivity index (χ1) is 14.5. The van der Waals surface area contributed by atoms with Crippen LogP contribution in [0.3, 0.4) is 0 Å². The Morgan fingerprint density at radius 2 is 2.07 bits per heavy atom. The maximum atomic E-state index is 12.7. The number of benzene rings is 1. The summed E-state index contributed by atoms with van der Waals surface area (Å²) in [6.45, 7) is 2.58. The van der Waals surface area contributed by atoms with E-state index in [2.05, 4.69) is 15.2 Å². The molecule has 0 aliphatic rings. The van der Waals surface area contributed by atoms with Crippen LogP contribution in [0.1, 0.15) is 17.7 Å². The molecule has 0 bridgehead atoms. The molecule has 0 saturated heterocycles. The van der Waals surface area contributed by atoms with Gasteiger partial charge in [0.05, 0.1) is 26.5 Å². The van der Waals surface area contributed by atoms with Gasteiger partial charge in [-0.3, -0.25) is 4.79 Å². The lowest BCUT2D eigenvalue weighted by atomic mass is 10.1. The van der Waals surface area contributed by atoms with Crippen LogP contribution in [0.4, 0.5) is 0 Å². The summed E-state index contributed by atoms with van der Waals surface area (Å²) in [4.78, 5) is 19.8. The van der Waals surface area contributed by atoms with Crippen molar-refractivity contribution in [3.05, 3.63) is 64.3 Å². The number of furan rings is 1. The zero-order valence-corrected chi connectivity index (χ0v) is 18.4. The van der Waals surface area contributed by atoms with Crippen LogP contribution in [-0.2, 0) is 13.1 Å². The Kier molecular flexibility index (Phi) is 7.48. The van der Waals surface area contributed by atoms with Crippen molar-refractivity contribution in [1.29, 1.82) is 0 Å². The Morgan fingerprint density at radius 3 is 2.77 bits per heavy atom. The van der Waals surface area contributed by atoms with Crippen LogP contribution in [0.2, 0.25) is 0 Å². The zero-order chi connectivity index (χ0) is 21.5. The number of hydrogen-bond acceptors (Lipinski definition) is 5. The maximum Gasteiger partial charge on any atom is 0.253 e. The van der Waals surface area contributed by atoms with Gasteiger partial charge in [0.2, 0.25) is 0 Å². The van der Waals surface area contributed by atoms with Gasteiger partial charge in [0.25, 0.3) is 5.56 Å². The third-order valence-electron chi connectivity index (χ3n) is 4.80. The van der Waals surface area contributed by atoms with Crippen molar-refractivity contribution in [3.63, 3.8) is 0 Å². The Labute approximate surface area is 181 Å². The standard InChI is InChI=1S/C22H28N4O3S/c1-25(2)9-5-10-26(22(30)23-14-19-6-4-11-29-19)15-17-12-16-13-18(28-3)7-8-20(16)24-21(17)27/h4,6-8,11-13H,5,9-10,14-15H2,1-3H3,(H,23,30)(H,24,27). The van der Waals surface area contributed by atoms with Gasteiger partial charge in [-0.1, -0.05) is 0 Å². The van der Waals surface area contributed by atoms with Gasteiger partial charge < -0.3 is 29.3 Å². The smallest absolute Gasteiger partial charge is 0.253 e. The van der Waals surface area contributed by atoms with E-state index in [4.69, 9.17) is 21.4 Å². The van der Waals surface area contributed by atoms with Crippen LogP contribution in [0.5, 0.6) is 5.75 Å². The highest BCUT2D eigenvalue weighted by molar-refractivity contribution is 7.80. The average molecular weight is 429 g/mol. The van der Waals surface area contributed by atoms with Gasteiger partial charge in [0.1, 0.15) is 11.5 Å². The first kappa shape index (κ1) is 21.9. The number of hydrogen-bond donors (Lipinski definition) is 2. The largest absolute Gasteiger partial charge is 0.497 e. The van der Waals surface area contributed by atoms with Gasteiger partial charge in [-0.05, 0) is 75.7 Å². The van der Waals surface area contributed by atoms with Crippen molar-refractivity contribution in [2.45, 2.75) is 19.5 Å². The zero-order valence-electron chi connectivity index (χ0n) is 17.6. The summed E-state index contributed by atoms with van der Waals surface area (Å²) in [5, 5.41) is 4.75. The monoisotopic (exact) mass is 428 g/mol. The van der Waals surface area contributed by atoms with Gasteiger partial charge in [0, 0.05) is 23.0 Å². The molecule has 0 amide bonds. The lowest BCUT2D eigenvalue weighted by molar-refractivity contribution is 0.339. The lowest BCUT2D eigenvalue weighted by Crippen LogP contribution is -2.41. The fourth-order valence-corrected chi connectivity index (χ4v) is 3.43. The number of ether oxygens (including phenoxy) is 1. The fourth-order valence-electron chi connectivity index (χ4n) is 3.20. The molecule has 3 rings (SSSR count). The molecule has 30 heavy (non-hydrogen) atoms. The molecular formula is C22H28N4O3S. The second kappa shape index (κ2) is 10.3. The summed E-state index contributed by atoms with van der Waals surface area (Å²) in [7, 11) is 5.71. The van der Waals surface area contributed by atoms with Crippen LogP contribution < -0.4 is 15.6 Å². The number of pyridine rings is 1.